The molecule has 13 heavy (non-hydrogen) atoms. The van der Waals surface area contributed by atoms with Gasteiger partial charge in [-0.05, 0) is 49.1 Å². The van der Waals surface area contributed by atoms with E-state index in [4.69, 9.17) is 0 Å². The van der Waals surface area contributed by atoms with Gasteiger partial charge in [-0.2, -0.15) is 0 Å². The summed E-state index contributed by atoms with van der Waals surface area (Å²) in [7, 11) is 2.02. The molecule has 1 unspecified atom stereocenters. The van der Waals surface area contributed by atoms with Crippen LogP contribution in [0.3, 0.4) is 0 Å². The van der Waals surface area contributed by atoms with Crippen LogP contribution in [0.2, 0.25) is 0 Å². The van der Waals surface area contributed by atoms with Gasteiger partial charge >= 0.3 is 0 Å². The van der Waals surface area contributed by atoms with Gasteiger partial charge in [0.1, 0.15) is 0 Å². The van der Waals surface area contributed by atoms with E-state index >= 15 is 0 Å². The Hall–Kier alpha value is -0.340. The molecule has 1 atom stereocenters. The minimum Gasteiger partial charge on any atom is -0.319 e. The lowest BCUT2D eigenvalue weighted by atomic mass is 10.0. The summed E-state index contributed by atoms with van der Waals surface area (Å²) < 4.78 is 1.20. The Morgan fingerprint density at radius 2 is 2.38 bits per heavy atom. The minimum atomic E-state index is 0.730. The van der Waals surface area contributed by atoms with E-state index in [-0.39, 0.29) is 0 Å². The Morgan fingerprint density at radius 1 is 1.54 bits per heavy atom. The Labute approximate surface area is 87.7 Å². The predicted molar refractivity (Wildman–Crippen MR) is 59.1 cm³/mol. The highest BCUT2D eigenvalue weighted by atomic mass is 79.9. The van der Waals surface area contributed by atoms with Crippen LogP contribution in [0, 0.1) is 0 Å². The monoisotopic (exact) mass is 239 g/mol. The van der Waals surface area contributed by atoms with Crippen molar-refractivity contribution in [1.29, 1.82) is 0 Å². The Kier molecular flexibility index (Phi) is 2.70. The van der Waals surface area contributed by atoms with Crippen molar-refractivity contribution in [3.8, 4) is 0 Å². The number of hydrogen-bond acceptors (Lipinski definition) is 1. The second kappa shape index (κ2) is 3.81. The van der Waals surface area contributed by atoms with Crippen molar-refractivity contribution >= 4 is 15.9 Å². The Balaban J connectivity index is 2.27. The highest BCUT2D eigenvalue weighted by Crippen LogP contribution is 2.33. The van der Waals surface area contributed by atoms with Crippen LogP contribution >= 0.6 is 15.9 Å². The van der Waals surface area contributed by atoms with Gasteiger partial charge in [0.25, 0.3) is 0 Å². The summed E-state index contributed by atoms with van der Waals surface area (Å²) >= 11 is 3.51. The Bertz CT molecular complexity index is 309. The molecule has 1 nitrogen and oxygen atoms in total. The van der Waals surface area contributed by atoms with Gasteiger partial charge < -0.3 is 5.32 Å². The van der Waals surface area contributed by atoms with Crippen molar-refractivity contribution in [2.45, 2.75) is 18.8 Å². The fourth-order valence-corrected chi connectivity index (χ4v) is 2.54. The van der Waals surface area contributed by atoms with E-state index in [1.807, 2.05) is 7.05 Å². The van der Waals surface area contributed by atoms with Gasteiger partial charge in [-0.15, -0.1) is 0 Å². The van der Waals surface area contributed by atoms with E-state index in [1.54, 1.807) is 0 Å². The molecule has 0 heterocycles. The van der Waals surface area contributed by atoms with Crippen molar-refractivity contribution in [3.63, 3.8) is 0 Å². The van der Waals surface area contributed by atoms with Crippen molar-refractivity contribution < 1.29 is 0 Å². The van der Waals surface area contributed by atoms with Crippen LogP contribution in [0.4, 0.5) is 0 Å². The number of benzene rings is 1. The molecule has 0 saturated heterocycles. The second-order valence-corrected chi connectivity index (χ2v) is 4.55. The number of aryl methyl sites for hydroxylation is 1. The summed E-state index contributed by atoms with van der Waals surface area (Å²) in [5.41, 5.74) is 3.06. The highest BCUT2D eigenvalue weighted by molar-refractivity contribution is 9.10. The zero-order chi connectivity index (χ0) is 9.26. The SMILES string of the molecule is CNCC1CCc2cc(Br)ccc21. The van der Waals surface area contributed by atoms with Gasteiger partial charge in [-0.3, -0.25) is 0 Å². The van der Waals surface area contributed by atoms with E-state index in [1.165, 1.54) is 28.4 Å². The number of likely N-dealkylation sites (N-methyl/N-ethyl adjacent to an activating group) is 1. The van der Waals surface area contributed by atoms with Crippen LogP contribution < -0.4 is 5.32 Å². The molecule has 70 valence electrons. The largest absolute Gasteiger partial charge is 0.319 e. The number of hydrogen-bond donors (Lipinski definition) is 1. The smallest absolute Gasteiger partial charge is 0.0178 e. The highest BCUT2D eigenvalue weighted by Gasteiger charge is 2.21. The van der Waals surface area contributed by atoms with Gasteiger partial charge in [0.15, 0.2) is 0 Å². The standard InChI is InChI=1S/C11H14BrN/c1-13-7-9-3-2-8-6-10(12)4-5-11(8)9/h4-6,9,13H,2-3,7H2,1H3. The van der Waals surface area contributed by atoms with Gasteiger partial charge in [0.05, 0.1) is 0 Å². The summed E-state index contributed by atoms with van der Waals surface area (Å²) in [5, 5.41) is 3.25. The van der Waals surface area contributed by atoms with Gasteiger partial charge in [0.2, 0.25) is 0 Å². The third kappa shape index (κ3) is 1.79. The summed E-state index contributed by atoms with van der Waals surface area (Å²) in [5.74, 6) is 0.730. The zero-order valence-electron chi connectivity index (χ0n) is 7.81. The molecule has 0 amide bonds. The van der Waals surface area contributed by atoms with Gasteiger partial charge in [-0.1, -0.05) is 22.0 Å². The number of halogens is 1. The average molecular weight is 240 g/mol. The molecule has 1 N–H and O–H groups in total. The molecule has 1 aromatic carbocycles. The molecule has 0 bridgehead atoms. The first kappa shape index (κ1) is 9.22. The van der Waals surface area contributed by atoms with Gasteiger partial charge in [0, 0.05) is 11.0 Å². The van der Waals surface area contributed by atoms with Crippen molar-refractivity contribution in [2.75, 3.05) is 13.6 Å². The maximum Gasteiger partial charge on any atom is 0.0178 e. The molecule has 0 saturated carbocycles. The maximum atomic E-state index is 3.51. The van der Waals surface area contributed by atoms with Crippen LogP contribution in [-0.4, -0.2) is 13.6 Å². The lowest BCUT2D eigenvalue weighted by molar-refractivity contribution is 0.623. The predicted octanol–water partition coefficient (Wildman–Crippen LogP) is 2.70. The van der Waals surface area contributed by atoms with Crippen LogP contribution in [-0.2, 0) is 6.42 Å². The minimum absolute atomic E-state index is 0.730. The molecule has 1 aliphatic carbocycles. The van der Waals surface area contributed by atoms with Crippen LogP contribution in [0.25, 0.3) is 0 Å². The first-order valence-electron chi connectivity index (χ1n) is 4.74. The van der Waals surface area contributed by atoms with Crippen LogP contribution in [0.5, 0.6) is 0 Å². The first-order valence-corrected chi connectivity index (χ1v) is 5.53. The molecular formula is C11H14BrN. The van der Waals surface area contributed by atoms with Crippen LogP contribution in [0.15, 0.2) is 22.7 Å². The molecule has 2 rings (SSSR count). The van der Waals surface area contributed by atoms with E-state index in [0.717, 1.165) is 12.5 Å². The second-order valence-electron chi connectivity index (χ2n) is 3.64. The molecule has 1 aliphatic rings. The van der Waals surface area contributed by atoms with E-state index in [2.05, 4.69) is 39.4 Å². The summed E-state index contributed by atoms with van der Waals surface area (Å²) in [6.07, 6.45) is 2.54. The molecule has 0 aliphatic heterocycles. The number of nitrogens with one attached hydrogen (secondary N) is 1. The van der Waals surface area contributed by atoms with Gasteiger partial charge in [-0.25, -0.2) is 0 Å². The fourth-order valence-electron chi connectivity index (χ4n) is 2.13. The fraction of sp³-hybridized carbons (Fsp3) is 0.455. The summed E-state index contributed by atoms with van der Waals surface area (Å²) in [4.78, 5) is 0. The third-order valence-electron chi connectivity index (χ3n) is 2.76. The molecule has 2 heteroatoms. The van der Waals surface area contributed by atoms with Crippen molar-refractivity contribution in [1.82, 2.24) is 5.32 Å². The topological polar surface area (TPSA) is 12.0 Å². The summed E-state index contributed by atoms with van der Waals surface area (Å²) in [6, 6.07) is 6.66. The molecule has 0 fully saturated rings. The maximum absolute atomic E-state index is 3.51. The van der Waals surface area contributed by atoms with E-state index in [0.29, 0.717) is 0 Å². The molecular weight excluding hydrogens is 226 g/mol. The Morgan fingerprint density at radius 3 is 3.15 bits per heavy atom. The average Bonchev–Trinajstić information content (AvgIpc) is 2.49. The molecule has 0 spiro atoms. The molecule has 0 radical (unpaired) electrons. The van der Waals surface area contributed by atoms with Crippen molar-refractivity contribution in [2.24, 2.45) is 0 Å². The third-order valence-corrected chi connectivity index (χ3v) is 3.25. The lowest BCUT2D eigenvalue weighted by Crippen LogP contribution is -2.14. The van der Waals surface area contributed by atoms with Crippen molar-refractivity contribution in [3.05, 3.63) is 33.8 Å². The number of fused-ring (bicyclic) bond motifs is 1. The van der Waals surface area contributed by atoms with E-state index < -0.39 is 0 Å². The number of rotatable bonds is 2. The zero-order valence-corrected chi connectivity index (χ0v) is 9.39. The molecule has 1 aromatic rings. The molecule has 0 aromatic heterocycles. The van der Waals surface area contributed by atoms with E-state index in [9.17, 15) is 0 Å². The summed E-state index contributed by atoms with van der Waals surface area (Å²) in [6.45, 7) is 1.11. The van der Waals surface area contributed by atoms with Crippen LogP contribution in [0.1, 0.15) is 23.5 Å². The quantitative estimate of drug-likeness (QED) is 0.838. The normalized spacial score (nSPS) is 20.3. The first-order chi connectivity index (χ1) is 6.31. The lowest BCUT2D eigenvalue weighted by Gasteiger charge is -2.10.